The van der Waals surface area contributed by atoms with Gasteiger partial charge in [0.05, 0.1) is 0 Å². The van der Waals surface area contributed by atoms with Crippen molar-refractivity contribution in [1.29, 1.82) is 0 Å². The average Bonchev–Trinajstić information content (AvgIpc) is 2.63. The average molecular weight is 251 g/mol. The molecule has 0 radical (unpaired) electrons. The molecule has 0 bridgehead atoms. The third-order valence-electron chi connectivity index (χ3n) is 3.80. The van der Waals surface area contributed by atoms with Crippen molar-refractivity contribution < 1.29 is 0 Å². The Morgan fingerprint density at radius 3 is 2.76 bits per heavy atom. The minimum absolute atomic E-state index is 0.718. The van der Waals surface area contributed by atoms with Crippen LogP contribution in [0, 0.1) is 6.92 Å². The predicted molar refractivity (Wildman–Crippen MR) is 77.0 cm³/mol. The Morgan fingerprint density at radius 1 is 1.24 bits per heavy atom. The van der Waals surface area contributed by atoms with Crippen LogP contribution in [0.25, 0.3) is 0 Å². The Labute approximate surface area is 110 Å². The van der Waals surface area contributed by atoms with Crippen molar-refractivity contribution in [3.63, 3.8) is 0 Å². The second kappa shape index (κ2) is 6.55. The van der Waals surface area contributed by atoms with Gasteiger partial charge >= 0.3 is 0 Å². The van der Waals surface area contributed by atoms with E-state index in [2.05, 4.69) is 31.3 Å². The van der Waals surface area contributed by atoms with Crippen LogP contribution in [0.5, 0.6) is 0 Å². The molecular weight excluding hydrogens is 226 g/mol. The molecule has 1 aromatic heterocycles. The van der Waals surface area contributed by atoms with Gasteiger partial charge in [-0.15, -0.1) is 11.3 Å². The largest absolute Gasteiger partial charge is 0.313 e. The summed E-state index contributed by atoms with van der Waals surface area (Å²) in [5, 5.41) is 3.78. The molecule has 1 nitrogen and oxygen atoms in total. The van der Waals surface area contributed by atoms with E-state index in [1.54, 1.807) is 4.88 Å². The van der Waals surface area contributed by atoms with Crippen LogP contribution >= 0.6 is 11.3 Å². The highest BCUT2D eigenvalue weighted by Crippen LogP contribution is 2.35. The van der Waals surface area contributed by atoms with Crippen LogP contribution in [-0.4, -0.2) is 12.6 Å². The van der Waals surface area contributed by atoms with Crippen molar-refractivity contribution in [3.05, 3.63) is 21.9 Å². The Kier molecular flexibility index (Phi) is 5.05. The predicted octanol–water partition coefficient (Wildman–Crippen LogP) is 4.47. The van der Waals surface area contributed by atoms with E-state index in [-0.39, 0.29) is 0 Å². The maximum atomic E-state index is 3.78. The fourth-order valence-electron chi connectivity index (χ4n) is 2.87. The Balaban J connectivity index is 2.08. The van der Waals surface area contributed by atoms with E-state index in [1.165, 1.54) is 49.9 Å². The lowest BCUT2D eigenvalue weighted by atomic mass is 9.93. The van der Waals surface area contributed by atoms with Crippen LogP contribution in [0.15, 0.2) is 12.1 Å². The van der Waals surface area contributed by atoms with Gasteiger partial charge in [0.2, 0.25) is 0 Å². The number of aryl methyl sites for hydroxylation is 1. The molecule has 2 unspecified atom stereocenters. The molecule has 2 rings (SSSR count). The Bertz CT molecular complexity index is 331. The summed E-state index contributed by atoms with van der Waals surface area (Å²) in [6.07, 6.45) is 8.22. The molecule has 1 saturated carbocycles. The smallest absolute Gasteiger partial charge is 0.0144 e. The lowest BCUT2D eigenvalue weighted by Gasteiger charge is -2.25. The quantitative estimate of drug-likeness (QED) is 0.778. The van der Waals surface area contributed by atoms with E-state index in [0.29, 0.717) is 0 Å². The SMILES string of the molecule is CCCNC1CCCCCC1c1ccc(C)s1. The standard InChI is InChI=1S/C15H25NS/c1-3-11-16-14-8-6-4-5-7-13(14)15-10-9-12(2)17-15/h9-10,13-14,16H,3-8,11H2,1-2H3. The van der Waals surface area contributed by atoms with Crippen LogP contribution in [0.2, 0.25) is 0 Å². The summed E-state index contributed by atoms with van der Waals surface area (Å²) in [6, 6.07) is 5.36. The van der Waals surface area contributed by atoms with E-state index >= 15 is 0 Å². The molecular formula is C15H25NS. The van der Waals surface area contributed by atoms with Gasteiger partial charge in [0.25, 0.3) is 0 Å². The molecule has 0 amide bonds. The van der Waals surface area contributed by atoms with Crippen LogP contribution < -0.4 is 5.32 Å². The number of hydrogen-bond donors (Lipinski definition) is 1. The number of hydrogen-bond acceptors (Lipinski definition) is 2. The maximum Gasteiger partial charge on any atom is 0.0144 e. The lowest BCUT2D eigenvalue weighted by Crippen LogP contribution is -2.34. The van der Waals surface area contributed by atoms with E-state index in [9.17, 15) is 0 Å². The van der Waals surface area contributed by atoms with Gasteiger partial charge in [0, 0.05) is 21.7 Å². The summed E-state index contributed by atoms with van der Waals surface area (Å²) in [5.41, 5.74) is 0. The molecule has 2 atom stereocenters. The monoisotopic (exact) mass is 251 g/mol. The molecule has 17 heavy (non-hydrogen) atoms. The topological polar surface area (TPSA) is 12.0 Å². The number of thiophene rings is 1. The van der Waals surface area contributed by atoms with E-state index in [4.69, 9.17) is 0 Å². The first-order chi connectivity index (χ1) is 8.31. The molecule has 96 valence electrons. The van der Waals surface area contributed by atoms with Crippen LogP contribution in [-0.2, 0) is 0 Å². The second-order valence-electron chi connectivity index (χ2n) is 5.25. The van der Waals surface area contributed by atoms with Gasteiger partial charge < -0.3 is 5.32 Å². The highest BCUT2D eigenvalue weighted by molar-refractivity contribution is 7.12. The van der Waals surface area contributed by atoms with Crippen molar-refractivity contribution >= 4 is 11.3 Å². The van der Waals surface area contributed by atoms with Gasteiger partial charge in [-0.25, -0.2) is 0 Å². The van der Waals surface area contributed by atoms with E-state index < -0.39 is 0 Å². The highest BCUT2D eigenvalue weighted by atomic mass is 32.1. The molecule has 0 spiro atoms. The molecule has 1 aliphatic rings. The molecule has 0 aliphatic heterocycles. The Morgan fingerprint density at radius 2 is 2.06 bits per heavy atom. The van der Waals surface area contributed by atoms with Crippen molar-refractivity contribution in [2.24, 2.45) is 0 Å². The van der Waals surface area contributed by atoms with Crippen molar-refractivity contribution in [2.45, 2.75) is 64.3 Å². The normalized spacial score (nSPS) is 25.8. The van der Waals surface area contributed by atoms with Gasteiger partial charge in [0.1, 0.15) is 0 Å². The zero-order chi connectivity index (χ0) is 12.1. The first-order valence-electron chi connectivity index (χ1n) is 7.11. The number of rotatable bonds is 4. The highest BCUT2D eigenvalue weighted by Gasteiger charge is 2.25. The summed E-state index contributed by atoms with van der Waals surface area (Å²) in [5.74, 6) is 0.766. The fraction of sp³-hybridized carbons (Fsp3) is 0.733. The minimum atomic E-state index is 0.718. The summed E-state index contributed by atoms with van der Waals surface area (Å²) in [6.45, 7) is 5.65. The maximum absolute atomic E-state index is 3.78. The van der Waals surface area contributed by atoms with Gasteiger partial charge in [-0.2, -0.15) is 0 Å². The summed E-state index contributed by atoms with van der Waals surface area (Å²) < 4.78 is 0. The van der Waals surface area contributed by atoms with Crippen molar-refractivity contribution in [1.82, 2.24) is 5.32 Å². The van der Waals surface area contributed by atoms with Crippen molar-refractivity contribution in [2.75, 3.05) is 6.54 Å². The first kappa shape index (κ1) is 13.1. The number of nitrogens with one attached hydrogen (secondary N) is 1. The third-order valence-corrected chi connectivity index (χ3v) is 4.93. The second-order valence-corrected chi connectivity index (χ2v) is 6.57. The van der Waals surface area contributed by atoms with Gasteiger partial charge in [-0.05, 0) is 44.9 Å². The Hall–Kier alpha value is -0.340. The third kappa shape index (κ3) is 3.56. The lowest BCUT2D eigenvalue weighted by molar-refractivity contribution is 0.415. The van der Waals surface area contributed by atoms with Crippen molar-refractivity contribution in [3.8, 4) is 0 Å². The van der Waals surface area contributed by atoms with Crippen LogP contribution in [0.1, 0.15) is 61.1 Å². The first-order valence-corrected chi connectivity index (χ1v) is 7.92. The molecule has 1 aromatic rings. The zero-order valence-electron chi connectivity index (χ0n) is 11.2. The molecule has 0 saturated heterocycles. The summed E-state index contributed by atoms with van der Waals surface area (Å²) >= 11 is 2.00. The van der Waals surface area contributed by atoms with Gasteiger partial charge in [-0.3, -0.25) is 0 Å². The van der Waals surface area contributed by atoms with Gasteiger partial charge in [-0.1, -0.05) is 26.2 Å². The molecule has 1 N–H and O–H groups in total. The molecule has 2 heteroatoms. The van der Waals surface area contributed by atoms with E-state index in [1.807, 2.05) is 11.3 Å². The van der Waals surface area contributed by atoms with E-state index in [0.717, 1.165) is 12.0 Å². The van der Waals surface area contributed by atoms with Crippen LogP contribution in [0.3, 0.4) is 0 Å². The summed E-state index contributed by atoms with van der Waals surface area (Å²) in [4.78, 5) is 3.07. The summed E-state index contributed by atoms with van der Waals surface area (Å²) in [7, 11) is 0. The van der Waals surface area contributed by atoms with Gasteiger partial charge in [0.15, 0.2) is 0 Å². The molecule has 1 fully saturated rings. The zero-order valence-corrected chi connectivity index (χ0v) is 12.0. The minimum Gasteiger partial charge on any atom is -0.313 e. The fourth-order valence-corrected chi connectivity index (χ4v) is 3.95. The molecule has 1 aliphatic carbocycles. The molecule has 1 heterocycles. The van der Waals surface area contributed by atoms with Crippen LogP contribution in [0.4, 0.5) is 0 Å². The molecule has 0 aromatic carbocycles.